The van der Waals surface area contributed by atoms with E-state index in [1.807, 2.05) is 43.9 Å². The van der Waals surface area contributed by atoms with E-state index >= 15 is 0 Å². The van der Waals surface area contributed by atoms with E-state index in [0.29, 0.717) is 18.8 Å². The lowest BCUT2D eigenvalue weighted by Crippen LogP contribution is -2.56. The van der Waals surface area contributed by atoms with Crippen LogP contribution in [0.4, 0.5) is 10.6 Å². The number of carbonyl (C=O) groups is 2. The average Bonchev–Trinajstić information content (AvgIpc) is 2.78. The van der Waals surface area contributed by atoms with Crippen LogP contribution in [0, 0.1) is 5.92 Å². The zero-order chi connectivity index (χ0) is 23.0. The molecule has 1 aromatic heterocycles. The molecule has 7 nitrogen and oxygen atoms in total. The molecule has 3 rings (SSSR count). The fourth-order valence-corrected chi connectivity index (χ4v) is 5.51. The van der Waals surface area contributed by atoms with Gasteiger partial charge < -0.3 is 19.9 Å². The number of hydrogen-bond acceptors (Lipinski definition) is 6. The Balaban J connectivity index is 1.55. The van der Waals surface area contributed by atoms with Crippen molar-refractivity contribution in [2.24, 2.45) is 5.92 Å². The van der Waals surface area contributed by atoms with Crippen LogP contribution in [0.3, 0.4) is 0 Å². The molecule has 1 aromatic rings. The SMILES string of the molecule is CC(C)(C)OC(=O)NC(CSCC1CCCCC1)C(=O)N1CCN(c2ccccn2)CC1. The van der Waals surface area contributed by atoms with Crippen molar-refractivity contribution in [1.82, 2.24) is 15.2 Å². The van der Waals surface area contributed by atoms with Crippen molar-refractivity contribution in [3.05, 3.63) is 24.4 Å². The molecule has 2 amide bonds. The topological polar surface area (TPSA) is 74.8 Å². The Morgan fingerprint density at radius 2 is 1.88 bits per heavy atom. The lowest BCUT2D eigenvalue weighted by atomic mass is 9.91. The number of aromatic nitrogens is 1. The van der Waals surface area contributed by atoms with Crippen LogP contribution in [0.1, 0.15) is 52.9 Å². The molecule has 1 saturated carbocycles. The van der Waals surface area contributed by atoms with Gasteiger partial charge in [-0.1, -0.05) is 25.3 Å². The molecular weight excluding hydrogens is 424 g/mol. The minimum atomic E-state index is -0.596. The van der Waals surface area contributed by atoms with E-state index in [1.165, 1.54) is 32.1 Å². The number of rotatable bonds is 7. The van der Waals surface area contributed by atoms with Crippen LogP contribution in [0.15, 0.2) is 24.4 Å². The number of piperazine rings is 1. The molecule has 32 heavy (non-hydrogen) atoms. The minimum absolute atomic E-state index is 0.0207. The molecule has 178 valence electrons. The predicted molar refractivity (Wildman–Crippen MR) is 130 cm³/mol. The molecular formula is C24H38N4O3S. The van der Waals surface area contributed by atoms with Crippen molar-refractivity contribution in [1.29, 1.82) is 0 Å². The highest BCUT2D eigenvalue weighted by Crippen LogP contribution is 2.27. The average molecular weight is 463 g/mol. The van der Waals surface area contributed by atoms with Crippen molar-refractivity contribution in [2.45, 2.75) is 64.5 Å². The molecule has 1 aliphatic heterocycles. The van der Waals surface area contributed by atoms with E-state index in [0.717, 1.165) is 30.6 Å². The van der Waals surface area contributed by atoms with Crippen LogP contribution in [-0.2, 0) is 9.53 Å². The standard InChI is InChI=1S/C24H38N4O3S/c1-24(2,3)31-23(30)26-20(18-32-17-19-9-5-4-6-10-19)22(29)28-15-13-27(14-16-28)21-11-7-8-12-25-21/h7-8,11-12,19-20H,4-6,9-10,13-18H2,1-3H3,(H,26,30). The molecule has 0 spiro atoms. The number of anilines is 1. The minimum Gasteiger partial charge on any atom is -0.444 e. The van der Waals surface area contributed by atoms with Crippen LogP contribution >= 0.6 is 11.8 Å². The molecule has 1 atom stereocenters. The molecule has 0 aromatic carbocycles. The monoisotopic (exact) mass is 462 g/mol. The van der Waals surface area contributed by atoms with Gasteiger partial charge in [-0.3, -0.25) is 4.79 Å². The highest BCUT2D eigenvalue weighted by atomic mass is 32.2. The summed E-state index contributed by atoms with van der Waals surface area (Å²) in [6.07, 6.45) is 7.78. The lowest BCUT2D eigenvalue weighted by molar-refractivity contribution is -0.133. The highest BCUT2D eigenvalue weighted by Gasteiger charge is 2.30. The quantitative estimate of drug-likeness (QED) is 0.662. The van der Waals surface area contributed by atoms with Gasteiger partial charge in [-0.25, -0.2) is 9.78 Å². The van der Waals surface area contributed by atoms with E-state index in [1.54, 1.807) is 18.0 Å². The van der Waals surface area contributed by atoms with Gasteiger partial charge in [0.1, 0.15) is 17.5 Å². The fraction of sp³-hybridized carbons (Fsp3) is 0.708. The molecule has 1 unspecified atom stereocenters. The first kappa shape index (κ1) is 24.7. The van der Waals surface area contributed by atoms with E-state index in [9.17, 15) is 9.59 Å². The van der Waals surface area contributed by atoms with E-state index in [2.05, 4.69) is 15.2 Å². The Morgan fingerprint density at radius 3 is 2.50 bits per heavy atom. The van der Waals surface area contributed by atoms with Crippen LogP contribution in [0.5, 0.6) is 0 Å². The summed E-state index contributed by atoms with van der Waals surface area (Å²) in [5.74, 6) is 3.27. The molecule has 8 heteroatoms. The van der Waals surface area contributed by atoms with E-state index in [4.69, 9.17) is 4.74 Å². The number of nitrogens with zero attached hydrogens (tertiary/aromatic N) is 3. The number of pyridine rings is 1. The zero-order valence-electron chi connectivity index (χ0n) is 19.7. The zero-order valence-corrected chi connectivity index (χ0v) is 20.5. The van der Waals surface area contributed by atoms with Gasteiger partial charge in [-0.15, -0.1) is 0 Å². The molecule has 1 aliphatic carbocycles. The van der Waals surface area contributed by atoms with Gasteiger partial charge in [0.2, 0.25) is 5.91 Å². The van der Waals surface area contributed by atoms with Crippen LogP contribution in [0.25, 0.3) is 0 Å². The van der Waals surface area contributed by atoms with Gasteiger partial charge in [-0.05, 0) is 57.4 Å². The molecule has 1 N–H and O–H groups in total. The second-order valence-electron chi connectivity index (χ2n) is 9.74. The summed E-state index contributed by atoms with van der Waals surface area (Å²) in [4.78, 5) is 34.2. The number of alkyl carbamates (subject to hydrolysis) is 1. The van der Waals surface area contributed by atoms with Gasteiger partial charge in [0.05, 0.1) is 0 Å². The molecule has 2 aliphatic rings. The number of ether oxygens (including phenoxy) is 1. The Bertz CT molecular complexity index is 727. The first-order valence-electron chi connectivity index (χ1n) is 11.8. The fourth-order valence-electron chi connectivity index (χ4n) is 4.25. The van der Waals surface area contributed by atoms with Gasteiger partial charge in [-0.2, -0.15) is 11.8 Å². The number of nitrogens with one attached hydrogen (secondary N) is 1. The smallest absolute Gasteiger partial charge is 0.408 e. The molecule has 0 bridgehead atoms. The van der Waals surface area contributed by atoms with Crippen molar-refractivity contribution in [3.8, 4) is 0 Å². The Kier molecular flexibility index (Phi) is 9.08. The summed E-state index contributed by atoms with van der Waals surface area (Å²) in [6, 6.07) is 5.30. The number of amides is 2. The Morgan fingerprint density at radius 1 is 1.16 bits per heavy atom. The van der Waals surface area contributed by atoms with Crippen molar-refractivity contribution < 1.29 is 14.3 Å². The van der Waals surface area contributed by atoms with E-state index < -0.39 is 17.7 Å². The van der Waals surface area contributed by atoms with Gasteiger partial charge in [0.25, 0.3) is 0 Å². The highest BCUT2D eigenvalue weighted by molar-refractivity contribution is 7.99. The summed E-state index contributed by atoms with van der Waals surface area (Å²) < 4.78 is 5.43. The maximum Gasteiger partial charge on any atom is 0.408 e. The number of carbonyl (C=O) groups excluding carboxylic acids is 2. The van der Waals surface area contributed by atoms with Crippen molar-refractivity contribution in [2.75, 3.05) is 42.6 Å². The third-order valence-corrected chi connectivity index (χ3v) is 7.19. The van der Waals surface area contributed by atoms with Crippen LogP contribution in [0.2, 0.25) is 0 Å². The van der Waals surface area contributed by atoms with Gasteiger partial charge in [0.15, 0.2) is 0 Å². The van der Waals surface area contributed by atoms with Crippen molar-refractivity contribution >= 4 is 29.6 Å². The first-order valence-corrected chi connectivity index (χ1v) is 13.0. The second kappa shape index (κ2) is 11.8. The van der Waals surface area contributed by atoms with Gasteiger partial charge in [0, 0.05) is 38.1 Å². The summed E-state index contributed by atoms with van der Waals surface area (Å²) in [5.41, 5.74) is -0.596. The maximum atomic E-state index is 13.3. The summed E-state index contributed by atoms with van der Waals surface area (Å²) in [6.45, 7) is 8.20. The third kappa shape index (κ3) is 7.87. The summed E-state index contributed by atoms with van der Waals surface area (Å²) in [7, 11) is 0. The van der Waals surface area contributed by atoms with Gasteiger partial charge >= 0.3 is 6.09 Å². The summed E-state index contributed by atoms with van der Waals surface area (Å²) in [5, 5.41) is 2.85. The second-order valence-corrected chi connectivity index (χ2v) is 10.8. The molecule has 1 saturated heterocycles. The predicted octanol–water partition coefficient (Wildman–Crippen LogP) is 3.94. The first-order chi connectivity index (χ1) is 15.3. The maximum absolute atomic E-state index is 13.3. The summed E-state index contributed by atoms with van der Waals surface area (Å²) >= 11 is 1.78. The largest absolute Gasteiger partial charge is 0.444 e. The Hall–Kier alpha value is -1.96. The molecule has 2 fully saturated rings. The number of hydrogen-bond donors (Lipinski definition) is 1. The molecule has 2 heterocycles. The van der Waals surface area contributed by atoms with Crippen LogP contribution in [-0.4, -0.2) is 71.2 Å². The number of thioether (sulfide) groups is 1. The molecule has 0 radical (unpaired) electrons. The van der Waals surface area contributed by atoms with Crippen LogP contribution < -0.4 is 10.2 Å². The third-order valence-electron chi connectivity index (χ3n) is 5.92. The Labute approximate surface area is 196 Å². The lowest BCUT2D eigenvalue weighted by Gasteiger charge is -2.37. The van der Waals surface area contributed by atoms with Crippen molar-refractivity contribution in [3.63, 3.8) is 0 Å². The normalized spacial score (nSPS) is 18.8. The van der Waals surface area contributed by atoms with E-state index in [-0.39, 0.29) is 5.91 Å².